The number of ether oxygens (including phenoxy) is 1. The molecule has 1 aliphatic rings. The molecule has 0 unspecified atom stereocenters. The minimum atomic E-state index is 0.530. The van der Waals surface area contributed by atoms with E-state index in [0.29, 0.717) is 6.61 Å². The summed E-state index contributed by atoms with van der Waals surface area (Å²) >= 11 is 0. The Labute approximate surface area is 223 Å². The summed E-state index contributed by atoms with van der Waals surface area (Å²) in [6.07, 6.45) is 24.4. The Morgan fingerprint density at radius 2 is 1.51 bits per heavy atom. The summed E-state index contributed by atoms with van der Waals surface area (Å²) in [4.78, 5) is 11.7. The van der Waals surface area contributed by atoms with E-state index in [-0.39, 0.29) is 0 Å². The number of aromatic amines is 2. The van der Waals surface area contributed by atoms with Gasteiger partial charge in [-0.3, -0.25) is 4.99 Å². The SMILES string of the molecule is CCCCCCCCCCCCCC1=N/C(=C/c2[nH]c(-c3ccc[nH]3)cc2OCc2ccccc2)C=C1. The first-order chi connectivity index (χ1) is 18.3. The first-order valence-electron chi connectivity index (χ1n) is 14.3. The van der Waals surface area contributed by atoms with Gasteiger partial charge in [-0.1, -0.05) is 101 Å². The standard InChI is InChI=1S/C33H43N3O/c1-2-3-4-5-6-7-8-9-10-11-15-19-28-21-22-29(35-28)24-32-33(37-26-27-17-13-12-14-18-27)25-31(36-32)30-20-16-23-34-30/h12-14,16-18,20-25,34,36H,2-11,15,19,26H2,1H3/b29-24+. The molecule has 4 nitrogen and oxygen atoms in total. The Bertz CT molecular complexity index is 1140. The molecular formula is C33H43N3O. The summed E-state index contributed by atoms with van der Waals surface area (Å²) < 4.78 is 6.22. The Hall–Kier alpha value is -3.27. The van der Waals surface area contributed by atoms with E-state index in [1.54, 1.807) is 0 Å². The van der Waals surface area contributed by atoms with Crippen LogP contribution in [0.3, 0.4) is 0 Å². The minimum absolute atomic E-state index is 0.530. The topological polar surface area (TPSA) is 53.2 Å². The summed E-state index contributed by atoms with van der Waals surface area (Å²) in [7, 11) is 0. The number of nitrogens with one attached hydrogen (secondary N) is 2. The van der Waals surface area contributed by atoms with Gasteiger partial charge in [0.25, 0.3) is 0 Å². The van der Waals surface area contributed by atoms with Crippen LogP contribution in [0.25, 0.3) is 17.5 Å². The zero-order chi connectivity index (χ0) is 25.5. The molecule has 0 aliphatic carbocycles. The third-order valence-corrected chi connectivity index (χ3v) is 6.98. The molecule has 0 amide bonds. The number of rotatable bonds is 17. The number of aromatic nitrogens is 2. The van der Waals surface area contributed by atoms with Gasteiger partial charge in [-0.25, -0.2) is 0 Å². The van der Waals surface area contributed by atoms with Gasteiger partial charge in [0.1, 0.15) is 12.4 Å². The normalized spacial score (nSPS) is 14.0. The van der Waals surface area contributed by atoms with Crippen molar-refractivity contribution >= 4 is 11.8 Å². The molecule has 0 radical (unpaired) electrons. The van der Waals surface area contributed by atoms with Crippen LogP contribution in [0.5, 0.6) is 5.75 Å². The number of H-pyrrole nitrogens is 2. The van der Waals surface area contributed by atoms with Crippen LogP contribution in [0, 0.1) is 0 Å². The molecule has 37 heavy (non-hydrogen) atoms. The number of unbranched alkanes of at least 4 members (excludes halogenated alkanes) is 10. The van der Waals surface area contributed by atoms with Crippen molar-refractivity contribution in [2.75, 3.05) is 0 Å². The van der Waals surface area contributed by atoms with Crippen LogP contribution >= 0.6 is 0 Å². The first kappa shape index (κ1) is 26.8. The predicted molar refractivity (Wildman–Crippen MR) is 157 cm³/mol. The first-order valence-corrected chi connectivity index (χ1v) is 14.3. The number of allylic oxidation sites excluding steroid dienone is 2. The van der Waals surface area contributed by atoms with Crippen LogP contribution in [0.1, 0.15) is 95.2 Å². The molecule has 0 atom stereocenters. The molecule has 0 bridgehead atoms. The third kappa shape index (κ3) is 8.96. The second-order valence-electron chi connectivity index (χ2n) is 10.1. The van der Waals surface area contributed by atoms with Crippen LogP contribution in [-0.4, -0.2) is 15.7 Å². The van der Waals surface area contributed by atoms with Gasteiger partial charge in [0.2, 0.25) is 0 Å². The fourth-order valence-electron chi connectivity index (χ4n) is 4.82. The van der Waals surface area contributed by atoms with Crippen molar-refractivity contribution < 1.29 is 4.74 Å². The smallest absolute Gasteiger partial charge is 0.145 e. The molecule has 196 valence electrons. The zero-order valence-corrected chi connectivity index (χ0v) is 22.5. The zero-order valence-electron chi connectivity index (χ0n) is 22.5. The molecule has 1 aliphatic heterocycles. The third-order valence-electron chi connectivity index (χ3n) is 6.98. The van der Waals surface area contributed by atoms with Crippen LogP contribution < -0.4 is 4.74 Å². The quantitative estimate of drug-likeness (QED) is 0.179. The molecule has 4 rings (SSSR count). The highest BCUT2D eigenvalue weighted by molar-refractivity contribution is 5.99. The van der Waals surface area contributed by atoms with Gasteiger partial charge in [0, 0.05) is 18.0 Å². The van der Waals surface area contributed by atoms with Crippen LogP contribution in [0.15, 0.2) is 77.6 Å². The molecule has 3 heterocycles. The average molecular weight is 498 g/mol. The average Bonchev–Trinajstić information content (AvgIpc) is 3.69. The van der Waals surface area contributed by atoms with Crippen molar-refractivity contribution in [3.63, 3.8) is 0 Å². The van der Waals surface area contributed by atoms with Gasteiger partial charge in [-0.15, -0.1) is 0 Å². The highest BCUT2D eigenvalue weighted by Crippen LogP contribution is 2.30. The van der Waals surface area contributed by atoms with Crippen molar-refractivity contribution in [1.82, 2.24) is 9.97 Å². The van der Waals surface area contributed by atoms with Gasteiger partial charge in [-0.2, -0.15) is 0 Å². The van der Waals surface area contributed by atoms with Crippen molar-refractivity contribution in [3.8, 4) is 17.1 Å². The van der Waals surface area contributed by atoms with Gasteiger partial charge in [0.15, 0.2) is 0 Å². The lowest BCUT2D eigenvalue weighted by atomic mass is 10.0. The lowest BCUT2D eigenvalue weighted by Gasteiger charge is -2.05. The Morgan fingerprint density at radius 3 is 2.22 bits per heavy atom. The molecular weight excluding hydrogens is 454 g/mol. The fourth-order valence-corrected chi connectivity index (χ4v) is 4.82. The van der Waals surface area contributed by atoms with Gasteiger partial charge in [0.05, 0.1) is 22.8 Å². The maximum absolute atomic E-state index is 6.22. The highest BCUT2D eigenvalue weighted by atomic mass is 16.5. The summed E-state index contributed by atoms with van der Waals surface area (Å²) in [5, 5.41) is 0. The van der Waals surface area contributed by atoms with Gasteiger partial charge >= 0.3 is 0 Å². The maximum Gasteiger partial charge on any atom is 0.145 e. The van der Waals surface area contributed by atoms with Crippen molar-refractivity contribution in [2.24, 2.45) is 4.99 Å². The minimum Gasteiger partial charge on any atom is -0.487 e. The van der Waals surface area contributed by atoms with Gasteiger partial charge in [-0.05, 0) is 48.8 Å². The Morgan fingerprint density at radius 1 is 0.784 bits per heavy atom. The number of hydrogen-bond donors (Lipinski definition) is 2. The highest BCUT2D eigenvalue weighted by Gasteiger charge is 2.12. The molecule has 3 aromatic rings. The number of aliphatic imine (C=N–C) groups is 1. The molecule has 0 fully saturated rings. The van der Waals surface area contributed by atoms with E-state index < -0.39 is 0 Å². The van der Waals surface area contributed by atoms with Crippen molar-refractivity contribution in [1.29, 1.82) is 0 Å². The number of benzene rings is 1. The molecule has 0 saturated heterocycles. The van der Waals surface area contributed by atoms with Crippen molar-refractivity contribution in [2.45, 2.75) is 90.6 Å². The Kier molecular flexibility index (Phi) is 10.9. The predicted octanol–water partition coefficient (Wildman–Crippen LogP) is 9.64. The second kappa shape index (κ2) is 15.1. The van der Waals surface area contributed by atoms with Crippen LogP contribution in [0.4, 0.5) is 0 Å². The number of nitrogens with zero attached hydrogens (tertiary/aromatic N) is 1. The second-order valence-corrected chi connectivity index (χ2v) is 10.1. The van der Waals surface area contributed by atoms with E-state index in [1.807, 2.05) is 30.5 Å². The van der Waals surface area contributed by atoms with Gasteiger partial charge < -0.3 is 14.7 Å². The van der Waals surface area contributed by atoms with Crippen molar-refractivity contribution in [3.05, 3.63) is 83.8 Å². The number of hydrogen-bond acceptors (Lipinski definition) is 2. The molecule has 0 saturated carbocycles. The van der Waals surface area contributed by atoms with E-state index >= 15 is 0 Å². The summed E-state index contributed by atoms with van der Waals surface area (Å²) in [6.45, 7) is 2.81. The summed E-state index contributed by atoms with van der Waals surface area (Å²) in [5.41, 5.74) is 6.30. The Balaban J connectivity index is 1.26. The van der Waals surface area contributed by atoms with E-state index in [0.717, 1.165) is 40.5 Å². The maximum atomic E-state index is 6.22. The van der Waals surface area contributed by atoms with Crippen LogP contribution in [0.2, 0.25) is 0 Å². The summed E-state index contributed by atoms with van der Waals surface area (Å²) in [6, 6.07) is 16.4. The van der Waals surface area contributed by atoms with E-state index in [9.17, 15) is 0 Å². The lowest BCUT2D eigenvalue weighted by molar-refractivity contribution is 0.306. The van der Waals surface area contributed by atoms with Crippen LogP contribution in [-0.2, 0) is 6.61 Å². The van der Waals surface area contributed by atoms with E-state index in [1.165, 1.54) is 76.3 Å². The van der Waals surface area contributed by atoms with E-state index in [2.05, 4.69) is 59.4 Å². The summed E-state index contributed by atoms with van der Waals surface area (Å²) in [5.74, 6) is 0.836. The molecule has 2 N–H and O–H groups in total. The largest absolute Gasteiger partial charge is 0.487 e. The monoisotopic (exact) mass is 497 g/mol. The molecule has 2 aromatic heterocycles. The fraction of sp³-hybridized carbons (Fsp3) is 0.424. The lowest BCUT2D eigenvalue weighted by Crippen LogP contribution is -1.95. The molecule has 0 spiro atoms. The molecule has 1 aromatic carbocycles. The molecule has 4 heteroatoms. The van der Waals surface area contributed by atoms with E-state index in [4.69, 9.17) is 9.73 Å².